The predicted octanol–water partition coefficient (Wildman–Crippen LogP) is 2.61. The molecule has 0 bridgehead atoms. The van der Waals surface area contributed by atoms with E-state index in [9.17, 15) is 9.18 Å². The number of ether oxygens (including phenoxy) is 1. The molecule has 0 amide bonds. The van der Waals surface area contributed by atoms with Gasteiger partial charge in [0.05, 0.1) is 5.57 Å². The molecule has 1 rings (SSSR count). The topological polar surface area (TPSA) is 46.5 Å². The van der Waals surface area contributed by atoms with Crippen LogP contribution in [-0.4, -0.2) is 17.7 Å². The number of carbonyl (C=O) groups is 1. The van der Waals surface area contributed by atoms with Gasteiger partial charge in [-0.2, -0.15) is 0 Å². The van der Waals surface area contributed by atoms with Crippen LogP contribution in [0.2, 0.25) is 0 Å². The van der Waals surface area contributed by atoms with Crippen LogP contribution in [0.5, 0.6) is 5.75 Å². The smallest absolute Gasteiger partial charge is 0.334 e. The third kappa shape index (κ3) is 3.36. The maximum Gasteiger partial charge on any atom is 0.334 e. The first-order valence-electron chi connectivity index (χ1n) is 3.99. The summed E-state index contributed by atoms with van der Waals surface area (Å²) in [4.78, 5) is 10.4. The summed E-state index contributed by atoms with van der Waals surface area (Å²) in [5.74, 6) is -1.71. The van der Waals surface area contributed by atoms with E-state index in [2.05, 4.69) is 22.5 Å². The van der Waals surface area contributed by atoms with Crippen LogP contribution in [0.25, 0.3) is 0 Å². The van der Waals surface area contributed by atoms with Crippen molar-refractivity contribution in [2.24, 2.45) is 0 Å². The van der Waals surface area contributed by atoms with Gasteiger partial charge in [0.25, 0.3) is 0 Å². The molecule has 3 nitrogen and oxygen atoms in total. The summed E-state index contributed by atoms with van der Waals surface area (Å²) < 4.78 is 18.7. The second-order valence-electron chi connectivity index (χ2n) is 2.77. The molecule has 0 atom stereocenters. The number of carboxylic acid groups (broad SMARTS) is 1. The molecule has 1 N–H and O–H groups in total. The van der Waals surface area contributed by atoms with Crippen molar-refractivity contribution < 1.29 is 19.0 Å². The standard InChI is InChI=1S/C10H8BrFO3/c1-6(10(13)14)5-15-9-4-7(11)2-3-8(9)12/h2-4H,1,5H2,(H,13,14). The summed E-state index contributed by atoms with van der Waals surface area (Å²) in [7, 11) is 0. The van der Waals surface area contributed by atoms with Crippen LogP contribution in [-0.2, 0) is 4.79 Å². The van der Waals surface area contributed by atoms with E-state index < -0.39 is 11.8 Å². The molecule has 0 aromatic heterocycles. The van der Waals surface area contributed by atoms with E-state index in [0.717, 1.165) is 0 Å². The highest BCUT2D eigenvalue weighted by Gasteiger charge is 2.08. The van der Waals surface area contributed by atoms with Crippen molar-refractivity contribution in [3.63, 3.8) is 0 Å². The van der Waals surface area contributed by atoms with Gasteiger partial charge in [0.2, 0.25) is 0 Å². The Morgan fingerprint density at radius 3 is 2.87 bits per heavy atom. The van der Waals surface area contributed by atoms with Gasteiger partial charge in [-0.15, -0.1) is 0 Å². The Morgan fingerprint density at radius 1 is 1.60 bits per heavy atom. The van der Waals surface area contributed by atoms with Gasteiger partial charge in [-0.05, 0) is 18.2 Å². The summed E-state index contributed by atoms with van der Waals surface area (Å²) in [5, 5.41) is 8.50. The van der Waals surface area contributed by atoms with Gasteiger partial charge >= 0.3 is 5.97 Å². The SMILES string of the molecule is C=C(COc1cc(Br)ccc1F)C(=O)O. The van der Waals surface area contributed by atoms with Gasteiger partial charge in [0.15, 0.2) is 11.6 Å². The second kappa shape index (κ2) is 4.93. The maximum atomic E-state index is 13.1. The lowest BCUT2D eigenvalue weighted by molar-refractivity contribution is -0.133. The molecule has 0 saturated carbocycles. The summed E-state index contributed by atoms with van der Waals surface area (Å²) in [6, 6.07) is 4.17. The zero-order valence-corrected chi connectivity index (χ0v) is 9.25. The number of rotatable bonds is 4. The molecule has 0 spiro atoms. The molecular weight excluding hydrogens is 267 g/mol. The molecule has 0 radical (unpaired) electrons. The summed E-state index contributed by atoms with van der Waals surface area (Å²) in [5.41, 5.74) is -0.130. The zero-order valence-electron chi connectivity index (χ0n) is 7.67. The number of carboxylic acids is 1. The summed E-state index contributed by atoms with van der Waals surface area (Å²) in [6.07, 6.45) is 0. The molecule has 0 saturated heterocycles. The first-order chi connectivity index (χ1) is 7.00. The van der Waals surface area contributed by atoms with Crippen LogP contribution >= 0.6 is 15.9 Å². The normalized spacial score (nSPS) is 9.73. The fourth-order valence-corrected chi connectivity index (χ4v) is 1.15. The van der Waals surface area contributed by atoms with E-state index in [4.69, 9.17) is 9.84 Å². The van der Waals surface area contributed by atoms with Crippen molar-refractivity contribution >= 4 is 21.9 Å². The van der Waals surface area contributed by atoms with E-state index >= 15 is 0 Å². The molecule has 80 valence electrons. The zero-order chi connectivity index (χ0) is 11.4. The molecule has 1 aromatic rings. The van der Waals surface area contributed by atoms with E-state index in [-0.39, 0.29) is 17.9 Å². The van der Waals surface area contributed by atoms with Crippen molar-refractivity contribution in [2.75, 3.05) is 6.61 Å². The average Bonchev–Trinajstić information content (AvgIpc) is 2.18. The van der Waals surface area contributed by atoms with Crippen LogP contribution < -0.4 is 4.74 Å². The lowest BCUT2D eigenvalue weighted by atomic mass is 10.3. The Kier molecular flexibility index (Phi) is 3.85. The van der Waals surface area contributed by atoms with Gasteiger partial charge in [0, 0.05) is 4.47 Å². The minimum Gasteiger partial charge on any atom is -0.486 e. The van der Waals surface area contributed by atoms with Crippen molar-refractivity contribution in [3.05, 3.63) is 40.6 Å². The minimum atomic E-state index is -1.16. The Hall–Kier alpha value is -1.36. The lowest BCUT2D eigenvalue weighted by Crippen LogP contribution is -2.09. The molecule has 0 aliphatic rings. The first kappa shape index (κ1) is 11.7. The average molecular weight is 275 g/mol. The Labute approximate surface area is 94.3 Å². The molecule has 0 aliphatic heterocycles. The van der Waals surface area contributed by atoms with Gasteiger partial charge in [-0.25, -0.2) is 9.18 Å². The number of benzene rings is 1. The number of hydrogen-bond donors (Lipinski definition) is 1. The minimum absolute atomic E-state index is 0.00762. The molecule has 1 aromatic carbocycles. The predicted molar refractivity (Wildman–Crippen MR) is 56.4 cm³/mol. The number of hydrogen-bond acceptors (Lipinski definition) is 2. The molecule has 15 heavy (non-hydrogen) atoms. The van der Waals surface area contributed by atoms with Gasteiger partial charge in [-0.1, -0.05) is 22.5 Å². The van der Waals surface area contributed by atoms with E-state index in [1.807, 2.05) is 0 Å². The lowest BCUT2D eigenvalue weighted by Gasteiger charge is -2.07. The van der Waals surface area contributed by atoms with Gasteiger partial charge in [-0.3, -0.25) is 0 Å². The molecular formula is C10H8BrFO3. The van der Waals surface area contributed by atoms with Gasteiger partial charge in [0.1, 0.15) is 6.61 Å². The monoisotopic (exact) mass is 274 g/mol. The van der Waals surface area contributed by atoms with E-state index in [1.165, 1.54) is 18.2 Å². The molecule has 5 heteroatoms. The highest BCUT2D eigenvalue weighted by atomic mass is 79.9. The molecule has 0 unspecified atom stereocenters. The largest absolute Gasteiger partial charge is 0.486 e. The van der Waals surface area contributed by atoms with Crippen molar-refractivity contribution in [1.82, 2.24) is 0 Å². The maximum absolute atomic E-state index is 13.1. The van der Waals surface area contributed by atoms with Crippen molar-refractivity contribution in [2.45, 2.75) is 0 Å². The molecule has 0 heterocycles. The Balaban J connectivity index is 2.69. The van der Waals surface area contributed by atoms with Crippen LogP contribution in [0.15, 0.2) is 34.8 Å². The summed E-state index contributed by atoms with van der Waals surface area (Å²) >= 11 is 3.15. The second-order valence-corrected chi connectivity index (χ2v) is 3.69. The third-order valence-electron chi connectivity index (χ3n) is 1.60. The highest BCUT2D eigenvalue weighted by molar-refractivity contribution is 9.10. The Bertz CT molecular complexity index is 404. The summed E-state index contributed by atoms with van der Waals surface area (Å²) in [6.45, 7) is 3.02. The number of halogens is 2. The van der Waals surface area contributed by atoms with Crippen molar-refractivity contribution in [1.29, 1.82) is 0 Å². The third-order valence-corrected chi connectivity index (χ3v) is 2.09. The fraction of sp³-hybridized carbons (Fsp3) is 0.100. The van der Waals surface area contributed by atoms with Crippen LogP contribution in [0, 0.1) is 5.82 Å². The van der Waals surface area contributed by atoms with Crippen LogP contribution in [0.4, 0.5) is 4.39 Å². The highest BCUT2D eigenvalue weighted by Crippen LogP contribution is 2.22. The fourth-order valence-electron chi connectivity index (χ4n) is 0.814. The van der Waals surface area contributed by atoms with Crippen molar-refractivity contribution in [3.8, 4) is 5.75 Å². The quantitative estimate of drug-likeness (QED) is 0.859. The molecule has 0 aliphatic carbocycles. The Morgan fingerprint density at radius 2 is 2.27 bits per heavy atom. The van der Waals surface area contributed by atoms with Crippen LogP contribution in [0.1, 0.15) is 0 Å². The molecule has 0 fully saturated rings. The first-order valence-corrected chi connectivity index (χ1v) is 4.79. The van der Waals surface area contributed by atoms with Crippen LogP contribution in [0.3, 0.4) is 0 Å². The number of aliphatic carboxylic acids is 1. The van der Waals surface area contributed by atoms with E-state index in [0.29, 0.717) is 4.47 Å². The van der Waals surface area contributed by atoms with E-state index in [1.54, 1.807) is 0 Å². The van der Waals surface area contributed by atoms with Gasteiger partial charge < -0.3 is 9.84 Å².